The first-order valence-electron chi connectivity index (χ1n) is 7.56. The summed E-state index contributed by atoms with van der Waals surface area (Å²) in [7, 11) is 0. The second-order valence-corrected chi connectivity index (χ2v) is 6.49. The van der Waals surface area contributed by atoms with E-state index in [2.05, 4.69) is 15.3 Å². The fraction of sp³-hybridized carbons (Fsp3) is 0.111. The first kappa shape index (κ1) is 16.8. The minimum absolute atomic E-state index is 0.203. The van der Waals surface area contributed by atoms with Crippen molar-refractivity contribution in [3.63, 3.8) is 0 Å². The highest BCUT2D eigenvalue weighted by atomic mass is 32.1. The number of hydrogen-bond acceptors (Lipinski definition) is 5. The van der Waals surface area contributed by atoms with E-state index in [0.29, 0.717) is 21.4 Å². The van der Waals surface area contributed by atoms with Crippen LogP contribution in [0.25, 0.3) is 21.8 Å². The van der Waals surface area contributed by atoms with Crippen molar-refractivity contribution in [3.8, 4) is 21.8 Å². The van der Waals surface area contributed by atoms with Crippen LogP contribution in [0.3, 0.4) is 0 Å². The van der Waals surface area contributed by atoms with Crippen LogP contribution in [0.15, 0.2) is 42.5 Å². The van der Waals surface area contributed by atoms with E-state index in [9.17, 15) is 9.59 Å². The summed E-state index contributed by atoms with van der Waals surface area (Å²) in [5, 5.41) is 3.31. The molecule has 2 aromatic heterocycles. The van der Waals surface area contributed by atoms with Gasteiger partial charge in [0.1, 0.15) is 15.7 Å². The zero-order valence-corrected chi connectivity index (χ0v) is 14.6. The third-order valence-corrected chi connectivity index (χ3v) is 4.52. The number of primary amides is 1. The van der Waals surface area contributed by atoms with Gasteiger partial charge in [-0.05, 0) is 19.1 Å². The van der Waals surface area contributed by atoms with Gasteiger partial charge in [-0.25, -0.2) is 9.97 Å². The Morgan fingerprint density at radius 3 is 2.44 bits per heavy atom. The minimum Gasteiger partial charge on any atom is -0.365 e. The molecule has 2 amide bonds. The molecule has 3 N–H and O–H groups in total. The van der Waals surface area contributed by atoms with Crippen molar-refractivity contribution in [1.29, 1.82) is 0 Å². The maximum atomic E-state index is 11.8. The smallest absolute Gasteiger partial charge is 0.261 e. The number of hydrogen-bond donors (Lipinski definition) is 2. The zero-order valence-electron chi connectivity index (χ0n) is 13.7. The molecule has 0 fully saturated rings. The van der Waals surface area contributed by atoms with Crippen LogP contribution in [0.5, 0.6) is 0 Å². The van der Waals surface area contributed by atoms with Gasteiger partial charge < -0.3 is 11.1 Å². The standard InChI is InChI=1S/C18H16N4O2S/c1-10-8-13(9-14(20-10)21-11(2)23)18-22-15(16(25-18)17(19)24)12-6-4-3-5-7-12/h3-9H,1-2H3,(H2,19,24)(H,20,21,23). The Bertz CT molecular complexity index is 951. The summed E-state index contributed by atoms with van der Waals surface area (Å²) < 4.78 is 0. The second-order valence-electron chi connectivity index (χ2n) is 5.49. The van der Waals surface area contributed by atoms with Gasteiger partial charge in [-0.1, -0.05) is 30.3 Å². The van der Waals surface area contributed by atoms with E-state index in [0.717, 1.165) is 16.8 Å². The third-order valence-electron chi connectivity index (χ3n) is 3.40. The van der Waals surface area contributed by atoms with Crippen molar-refractivity contribution in [3.05, 3.63) is 53.0 Å². The lowest BCUT2D eigenvalue weighted by molar-refractivity contribution is -0.114. The van der Waals surface area contributed by atoms with Crippen LogP contribution in [0.1, 0.15) is 22.3 Å². The molecule has 0 saturated heterocycles. The molecule has 0 bridgehead atoms. The summed E-state index contributed by atoms with van der Waals surface area (Å²) in [5.74, 6) is -0.277. The van der Waals surface area contributed by atoms with Crippen molar-refractivity contribution in [2.75, 3.05) is 5.32 Å². The Hall–Kier alpha value is -3.06. The Labute approximate surface area is 148 Å². The van der Waals surface area contributed by atoms with Crippen LogP contribution in [-0.4, -0.2) is 21.8 Å². The van der Waals surface area contributed by atoms with Gasteiger partial charge in [-0.15, -0.1) is 11.3 Å². The average Bonchev–Trinajstić information content (AvgIpc) is 3.00. The number of nitrogens with two attached hydrogens (primary N) is 1. The molecule has 0 spiro atoms. The van der Waals surface area contributed by atoms with Crippen molar-refractivity contribution in [2.24, 2.45) is 5.73 Å². The Morgan fingerprint density at radius 2 is 1.80 bits per heavy atom. The minimum atomic E-state index is -0.518. The lowest BCUT2D eigenvalue weighted by Gasteiger charge is -2.05. The van der Waals surface area contributed by atoms with Crippen molar-refractivity contribution < 1.29 is 9.59 Å². The number of nitrogens with zero attached hydrogens (tertiary/aromatic N) is 2. The van der Waals surface area contributed by atoms with Crippen LogP contribution >= 0.6 is 11.3 Å². The number of carbonyl (C=O) groups excluding carboxylic acids is 2. The van der Waals surface area contributed by atoms with Gasteiger partial charge >= 0.3 is 0 Å². The number of nitrogens with one attached hydrogen (secondary N) is 1. The number of anilines is 1. The number of rotatable bonds is 4. The third kappa shape index (κ3) is 3.72. The maximum Gasteiger partial charge on any atom is 0.261 e. The van der Waals surface area contributed by atoms with Gasteiger partial charge in [0, 0.05) is 23.7 Å². The SMILES string of the molecule is CC(=O)Nc1cc(-c2nc(-c3ccccc3)c(C(N)=O)s2)cc(C)n1. The van der Waals surface area contributed by atoms with E-state index in [1.165, 1.54) is 18.3 Å². The fourth-order valence-corrected chi connectivity index (χ4v) is 3.37. The summed E-state index contributed by atoms with van der Waals surface area (Å²) in [4.78, 5) is 32.4. The van der Waals surface area contributed by atoms with Gasteiger partial charge in [-0.3, -0.25) is 9.59 Å². The summed E-state index contributed by atoms with van der Waals surface area (Å²) in [6, 6.07) is 13.0. The predicted molar refractivity (Wildman–Crippen MR) is 98.3 cm³/mol. The molecule has 1 aromatic carbocycles. The number of aromatic nitrogens is 2. The van der Waals surface area contributed by atoms with Gasteiger partial charge in [-0.2, -0.15) is 0 Å². The zero-order chi connectivity index (χ0) is 18.0. The van der Waals surface area contributed by atoms with Crippen molar-refractivity contribution in [2.45, 2.75) is 13.8 Å². The van der Waals surface area contributed by atoms with Crippen LogP contribution in [0, 0.1) is 6.92 Å². The van der Waals surface area contributed by atoms with E-state index in [4.69, 9.17) is 5.73 Å². The van der Waals surface area contributed by atoms with Crippen LogP contribution < -0.4 is 11.1 Å². The van der Waals surface area contributed by atoms with E-state index in [1.807, 2.05) is 43.3 Å². The first-order valence-corrected chi connectivity index (χ1v) is 8.38. The number of thiazole rings is 1. The summed E-state index contributed by atoms with van der Waals surface area (Å²) in [5.41, 5.74) is 8.42. The molecule has 126 valence electrons. The molecule has 0 aliphatic rings. The number of aryl methyl sites for hydroxylation is 1. The summed E-state index contributed by atoms with van der Waals surface area (Å²) in [6.07, 6.45) is 0. The van der Waals surface area contributed by atoms with Crippen molar-refractivity contribution in [1.82, 2.24) is 9.97 Å². The lowest BCUT2D eigenvalue weighted by atomic mass is 10.1. The number of benzene rings is 1. The lowest BCUT2D eigenvalue weighted by Crippen LogP contribution is -2.10. The van der Waals surface area contributed by atoms with E-state index in [-0.39, 0.29) is 5.91 Å². The van der Waals surface area contributed by atoms with Crippen LogP contribution in [0.2, 0.25) is 0 Å². The van der Waals surface area contributed by atoms with Crippen LogP contribution in [0.4, 0.5) is 5.82 Å². The van der Waals surface area contributed by atoms with Crippen molar-refractivity contribution >= 4 is 29.0 Å². The second kappa shape index (κ2) is 6.82. The molecule has 0 aliphatic carbocycles. The maximum absolute atomic E-state index is 11.8. The highest BCUT2D eigenvalue weighted by molar-refractivity contribution is 7.17. The Morgan fingerprint density at radius 1 is 1.08 bits per heavy atom. The highest BCUT2D eigenvalue weighted by Gasteiger charge is 2.18. The fourth-order valence-electron chi connectivity index (χ4n) is 2.44. The first-order chi connectivity index (χ1) is 11.9. The van der Waals surface area contributed by atoms with Gasteiger partial charge in [0.2, 0.25) is 5.91 Å². The summed E-state index contributed by atoms with van der Waals surface area (Å²) >= 11 is 1.23. The van der Waals surface area contributed by atoms with Gasteiger partial charge in [0.25, 0.3) is 5.91 Å². The molecular formula is C18H16N4O2S. The molecule has 0 saturated carbocycles. The number of amides is 2. The van der Waals surface area contributed by atoms with Crippen LogP contribution in [-0.2, 0) is 4.79 Å². The largest absolute Gasteiger partial charge is 0.365 e. The molecular weight excluding hydrogens is 336 g/mol. The number of pyridine rings is 1. The monoisotopic (exact) mass is 352 g/mol. The molecule has 7 heteroatoms. The van der Waals surface area contributed by atoms with E-state index in [1.54, 1.807) is 6.07 Å². The molecule has 0 radical (unpaired) electrons. The topological polar surface area (TPSA) is 98.0 Å². The Balaban J connectivity index is 2.11. The normalized spacial score (nSPS) is 10.5. The molecule has 3 rings (SSSR count). The van der Waals surface area contributed by atoms with Gasteiger partial charge in [0.15, 0.2) is 0 Å². The van der Waals surface area contributed by atoms with Gasteiger partial charge in [0.05, 0.1) is 5.69 Å². The molecule has 2 heterocycles. The quantitative estimate of drug-likeness (QED) is 0.753. The van der Waals surface area contributed by atoms with E-state index >= 15 is 0 Å². The molecule has 6 nitrogen and oxygen atoms in total. The molecule has 3 aromatic rings. The highest BCUT2D eigenvalue weighted by Crippen LogP contribution is 2.34. The molecule has 0 atom stereocenters. The molecule has 0 aliphatic heterocycles. The number of carbonyl (C=O) groups is 2. The van der Waals surface area contributed by atoms with E-state index < -0.39 is 5.91 Å². The molecule has 25 heavy (non-hydrogen) atoms. The summed E-state index contributed by atoms with van der Waals surface area (Å²) in [6.45, 7) is 3.25. The predicted octanol–water partition coefficient (Wildman–Crippen LogP) is 3.24. The Kier molecular flexibility index (Phi) is 4.58. The molecule has 0 unspecified atom stereocenters. The average molecular weight is 352 g/mol.